The van der Waals surface area contributed by atoms with Gasteiger partial charge in [-0.3, -0.25) is 9.80 Å². The molecular weight excluding hydrogens is 305 g/mol. The molecule has 3 rings (SSSR count). The summed E-state index contributed by atoms with van der Waals surface area (Å²) >= 11 is 0. The lowest BCUT2D eigenvalue weighted by atomic mass is 10.1. The maximum atomic E-state index is 14.5. The molecule has 2 saturated heterocycles. The van der Waals surface area contributed by atoms with E-state index in [9.17, 15) is 9.50 Å². The highest BCUT2D eigenvalue weighted by molar-refractivity contribution is 5.54. The van der Waals surface area contributed by atoms with Crippen molar-refractivity contribution in [3.8, 4) is 0 Å². The van der Waals surface area contributed by atoms with Gasteiger partial charge in [-0.25, -0.2) is 4.39 Å². The summed E-state index contributed by atoms with van der Waals surface area (Å²) < 4.78 is 14.5. The van der Waals surface area contributed by atoms with Crippen LogP contribution in [-0.2, 0) is 6.54 Å². The molecule has 2 aliphatic heterocycles. The molecule has 134 valence electrons. The zero-order chi connectivity index (χ0) is 16.9. The van der Waals surface area contributed by atoms with Gasteiger partial charge in [0.1, 0.15) is 5.82 Å². The fraction of sp³-hybridized carbons (Fsp3) is 0.684. The van der Waals surface area contributed by atoms with Crippen molar-refractivity contribution in [2.24, 2.45) is 0 Å². The molecule has 24 heavy (non-hydrogen) atoms. The number of aliphatic hydroxyl groups excluding tert-OH is 1. The minimum absolute atomic E-state index is 0.0800. The molecule has 1 unspecified atom stereocenters. The number of anilines is 1. The monoisotopic (exact) mass is 335 g/mol. The van der Waals surface area contributed by atoms with E-state index < -0.39 is 0 Å². The normalized spacial score (nSPS) is 21.4. The van der Waals surface area contributed by atoms with Crippen molar-refractivity contribution in [3.63, 3.8) is 0 Å². The molecule has 1 aromatic carbocycles. The van der Waals surface area contributed by atoms with Crippen LogP contribution in [-0.4, -0.2) is 66.8 Å². The lowest BCUT2D eigenvalue weighted by molar-refractivity contribution is 0.0605. The van der Waals surface area contributed by atoms with Crippen LogP contribution in [0.5, 0.6) is 0 Å². The molecule has 0 bridgehead atoms. The SMILES string of the molecule is CCC(CO)N1CCN(Cc2c(F)cccc2N2CCCC2)CC1. The predicted octanol–water partition coefficient (Wildman–Crippen LogP) is 2.31. The van der Waals surface area contributed by atoms with Gasteiger partial charge >= 0.3 is 0 Å². The van der Waals surface area contributed by atoms with Gasteiger partial charge in [0.25, 0.3) is 0 Å². The van der Waals surface area contributed by atoms with E-state index in [0.29, 0.717) is 6.54 Å². The maximum Gasteiger partial charge on any atom is 0.129 e. The molecule has 0 saturated carbocycles. The van der Waals surface area contributed by atoms with E-state index in [-0.39, 0.29) is 18.5 Å². The summed E-state index contributed by atoms with van der Waals surface area (Å²) in [5, 5.41) is 9.46. The van der Waals surface area contributed by atoms with Crippen molar-refractivity contribution in [3.05, 3.63) is 29.6 Å². The average Bonchev–Trinajstić information content (AvgIpc) is 3.13. The lowest BCUT2D eigenvalue weighted by Gasteiger charge is -2.39. The fourth-order valence-electron chi connectivity index (χ4n) is 3.97. The quantitative estimate of drug-likeness (QED) is 0.864. The highest BCUT2D eigenvalue weighted by Crippen LogP contribution is 2.28. The standard InChI is InChI=1S/C19H30FN3O/c1-2-16(15-24)22-12-10-21(11-13-22)14-17-18(20)6-5-7-19(17)23-8-3-4-9-23/h5-7,16,24H,2-4,8-15H2,1H3. The molecule has 0 amide bonds. The first kappa shape index (κ1) is 17.6. The second-order valence-corrected chi connectivity index (χ2v) is 6.99. The molecule has 0 spiro atoms. The first-order chi connectivity index (χ1) is 11.7. The number of hydrogen-bond acceptors (Lipinski definition) is 4. The summed E-state index contributed by atoms with van der Waals surface area (Å²) in [7, 11) is 0. The van der Waals surface area contributed by atoms with Crippen LogP contribution in [0.1, 0.15) is 31.7 Å². The summed E-state index contributed by atoms with van der Waals surface area (Å²) in [6.45, 7) is 8.88. The van der Waals surface area contributed by atoms with E-state index in [1.165, 1.54) is 12.8 Å². The molecule has 1 atom stereocenters. The van der Waals surface area contributed by atoms with Gasteiger partial charge in [0, 0.05) is 63.1 Å². The largest absolute Gasteiger partial charge is 0.395 e. The topological polar surface area (TPSA) is 30.0 Å². The third kappa shape index (κ3) is 3.90. The van der Waals surface area contributed by atoms with Crippen LogP contribution in [0.25, 0.3) is 0 Å². The Morgan fingerprint density at radius 2 is 1.79 bits per heavy atom. The Morgan fingerprint density at radius 3 is 2.42 bits per heavy atom. The molecule has 4 nitrogen and oxygen atoms in total. The van der Waals surface area contributed by atoms with E-state index in [2.05, 4.69) is 27.7 Å². The molecule has 5 heteroatoms. The number of aliphatic hydroxyl groups is 1. The molecule has 2 aliphatic rings. The predicted molar refractivity (Wildman–Crippen MR) is 95.9 cm³/mol. The summed E-state index contributed by atoms with van der Waals surface area (Å²) in [5.41, 5.74) is 1.93. The van der Waals surface area contributed by atoms with Crippen molar-refractivity contribution in [2.45, 2.75) is 38.8 Å². The molecule has 0 radical (unpaired) electrons. The molecule has 1 N–H and O–H groups in total. The van der Waals surface area contributed by atoms with Gasteiger partial charge in [-0.1, -0.05) is 13.0 Å². The van der Waals surface area contributed by atoms with E-state index in [1.54, 1.807) is 6.07 Å². The third-order valence-electron chi connectivity index (χ3n) is 5.53. The molecule has 0 aromatic heterocycles. The number of benzene rings is 1. The van der Waals surface area contributed by atoms with Gasteiger partial charge in [0.2, 0.25) is 0 Å². The van der Waals surface area contributed by atoms with Gasteiger partial charge in [0.05, 0.1) is 6.61 Å². The Labute approximate surface area is 144 Å². The highest BCUT2D eigenvalue weighted by Gasteiger charge is 2.25. The van der Waals surface area contributed by atoms with Crippen LogP contribution in [0.15, 0.2) is 18.2 Å². The van der Waals surface area contributed by atoms with Crippen molar-refractivity contribution < 1.29 is 9.50 Å². The van der Waals surface area contributed by atoms with Crippen LogP contribution in [0.2, 0.25) is 0 Å². The van der Waals surface area contributed by atoms with E-state index in [1.807, 2.05) is 6.07 Å². The van der Waals surface area contributed by atoms with E-state index in [4.69, 9.17) is 0 Å². The zero-order valence-corrected chi connectivity index (χ0v) is 14.8. The summed E-state index contributed by atoms with van der Waals surface area (Å²) in [4.78, 5) is 7.03. The van der Waals surface area contributed by atoms with Crippen LogP contribution in [0.4, 0.5) is 10.1 Å². The van der Waals surface area contributed by atoms with Gasteiger partial charge in [-0.2, -0.15) is 0 Å². The average molecular weight is 335 g/mol. The summed E-state index contributed by atoms with van der Waals surface area (Å²) in [6.07, 6.45) is 3.38. The van der Waals surface area contributed by atoms with Crippen LogP contribution < -0.4 is 4.90 Å². The van der Waals surface area contributed by atoms with Crippen molar-refractivity contribution in [1.82, 2.24) is 9.80 Å². The van der Waals surface area contributed by atoms with Crippen LogP contribution in [0, 0.1) is 5.82 Å². The van der Waals surface area contributed by atoms with Gasteiger partial charge in [-0.05, 0) is 31.4 Å². The van der Waals surface area contributed by atoms with Crippen molar-refractivity contribution >= 4 is 5.69 Å². The molecule has 1 aromatic rings. The second kappa shape index (κ2) is 8.28. The minimum Gasteiger partial charge on any atom is -0.395 e. The minimum atomic E-state index is -0.0800. The molecule has 0 aliphatic carbocycles. The van der Waals surface area contributed by atoms with Crippen molar-refractivity contribution in [1.29, 1.82) is 0 Å². The molecule has 2 fully saturated rings. The van der Waals surface area contributed by atoms with Crippen molar-refractivity contribution in [2.75, 3.05) is 50.8 Å². The fourth-order valence-corrected chi connectivity index (χ4v) is 3.97. The highest BCUT2D eigenvalue weighted by atomic mass is 19.1. The van der Waals surface area contributed by atoms with Gasteiger partial charge in [0.15, 0.2) is 0 Å². The lowest BCUT2D eigenvalue weighted by Crippen LogP contribution is -2.51. The van der Waals surface area contributed by atoms with Crippen LogP contribution in [0.3, 0.4) is 0 Å². The number of rotatable bonds is 6. The Bertz CT molecular complexity index is 521. The second-order valence-electron chi connectivity index (χ2n) is 6.99. The van der Waals surface area contributed by atoms with E-state index >= 15 is 0 Å². The Kier molecular flexibility index (Phi) is 6.09. The van der Waals surface area contributed by atoms with E-state index in [0.717, 1.165) is 56.9 Å². The summed E-state index contributed by atoms with van der Waals surface area (Å²) in [5.74, 6) is -0.0800. The van der Waals surface area contributed by atoms with Crippen LogP contribution >= 0.6 is 0 Å². The Balaban J connectivity index is 1.65. The first-order valence-electron chi connectivity index (χ1n) is 9.32. The third-order valence-corrected chi connectivity index (χ3v) is 5.53. The number of hydrogen-bond donors (Lipinski definition) is 1. The zero-order valence-electron chi connectivity index (χ0n) is 14.8. The maximum absolute atomic E-state index is 14.5. The number of nitrogens with zero attached hydrogens (tertiary/aromatic N) is 3. The molecule has 2 heterocycles. The first-order valence-corrected chi connectivity index (χ1v) is 9.32. The number of halogens is 1. The summed E-state index contributed by atoms with van der Waals surface area (Å²) in [6, 6.07) is 5.75. The Morgan fingerprint density at radius 1 is 1.08 bits per heavy atom. The molecular formula is C19H30FN3O. The Hall–Kier alpha value is -1.17. The number of piperazine rings is 1. The van der Waals surface area contributed by atoms with Gasteiger partial charge < -0.3 is 10.0 Å². The van der Waals surface area contributed by atoms with Gasteiger partial charge in [-0.15, -0.1) is 0 Å². The smallest absolute Gasteiger partial charge is 0.129 e.